The van der Waals surface area contributed by atoms with E-state index in [1.165, 1.54) is 0 Å². The number of anilines is 1. The molecule has 6 aliphatic carbocycles. The van der Waals surface area contributed by atoms with Gasteiger partial charge in [-0.05, 0) is 97.6 Å². The molecule has 0 radical (unpaired) electrons. The Hall–Kier alpha value is -5.18. The fourth-order valence-electron chi connectivity index (χ4n) is 12.6. The first-order valence-corrected chi connectivity index (χ1v) is 21.2. The van der Waals surface area contributed by atoms with Gasteiger partial charge in [0.15, 0.2) is 5.78 Å². The lowest BCUT2D eigenvalue weighted by Gasteiger charge is -2.71. The van der Waals surface area contributed by atoms with Crippen molar-refractivity contribution >= 4 is 17.5 Å². The molecule has 6 aliphatic rings. The average Bonchev–Trinajstić information content (AvgIpc) is 3.53. The maximum atomic E-state index is 15.2. The van der Waals surface area contributed by atoms with Gasteiger partial charge in [0.1, 0.15) is 11.5 Å². The van der Waals surface area contributed by atoms with Gasteiger partial charge >= 0.3 is 6.03 Å². The zero-order valence-corrected chi connectivity index (χ0v) is 34.6. The van der Waals surface area contributed by atoms with E-state index in [1.54, 1.807) is 19.1 Å². The molecule has 2 bridgehead atoms. The van der Waals surface area contributed by atoms with Crippen LogP contribution in [-0.2, 0) is 6.54 Å². The van der Waals surface area contributed by atoms with Gasteiger partial charge in [-0.2, -0.15) is 0 Å². The van der Waals surface area contributed by atoms with Crippen molar-refractivity contribution in [3.8, 4) is 22.6 Å². The number of hydrogen-bond donors (Lipinski definition) is 3. The number of ketones is 1. The largest absolute Gasteiger partial charge is 0.497 e. The number of hydrogen-bond acceptors (Lipinski definition) is 6. The molecule has 3 N–H and O–H groups in total. The molecule has 2 spiro atoms. The number of para-hydroxylation sites is 1. The molecule has 10 rings (SSSR count). The molecule has 8 heteroatoms. The van der Waals surface area contributed by atoms with Crippen molar-refractivity contribution in [1.29, 1.82) is 0 Å². The van der Waals surface area contributed by atoms with Gasteiger partial charge in [-0.1, -0.05) is 105 Å². The first kappa shape index (κ1) is 39.3. The van der Waals surface area contributed by atoms with Crippen molar-refractivity contribution in [2.75, 3.05) is 26.1 Å². The topological polar surface area (TPSA) is 108 Å². The predicted octanol–water partition coefficient (Wildman–Crippen LogP) is 9.88. The summed E-state index contributed by atoms with van der Waals surface area (Å²) in [6.07, 6.45) is 11.5. The zero-order valence-electron chi connectivity index (χ0n) is 34.6. The van der Waals surface area contributed by atoms with Crippen LogP contribution < -0.4 is 14.8 Å². The minimum atomic E-state index is -1.26. The molecule has 0 aromatic heterocycles. The monoisotopic (exact) mass is 792 g/mol. The normalized spacial score (nSPS) is 32.6. The molecule has 3 fully saturated rings. The number of carbonyl (C=O) groups is 2. The van der Waals surface area contributed by atoms with E-state index in [9.17, 15) is 15.0 Å². The summed E-state index contributed by atoms with van der Waals surface area (Å²) in [6.45, 7) is 4.91. The van der Waals surface area contributed by atoms with Gasteiger partial charge in [0, 0.05) is 44.7 Å². The summed E-state index contributed by atoms with van der Waals surface area (Å²) in [7, 11) is 3.21. The van der Waals surface area contributed by atoms with Crippen LogP contribution in [0.5, 0.6) is 11.5 Å². The third kappa shape index (κ3) is 6.08. The number of methoxy groups -OCH3 is 2. The number of nitrogens with one attached hydrogen (secondary N) is 1. The molecule has 8 atom stereocenters. The smallest absolute Gasteiger partial charge is 0.322 e. The predicted molar refractivity (Wildman–Crippen MR) is 230 cm³/mol. The molecule has 4 aromatic rings. The van der Waals surface area contributed by atoms with Crippen LogP contribution in [0.25, 0.3) is 11.1 Å². The Morgan fingerprint density at radius 1 is 0.780 bits per heavy atom. The van der Waals surface area contributed by atoms with E-state index in [4.69, 9.17) is 9.47 Å². The summed E-state index contributed by atoms with van der Waals surface area (Å²) in [5.41, 5.74) is 1.96. The van der Waals surface area contributed by atoms with Crippen molar-refractivity contribution in [3.05, 3.63) is 138 Å². The molecule has 59 heavy (non-hydrogen) atoms. The fraction of sp³-hybridized carbons (Fsp3) is 0.412. The molecular weight excluding hydrogens is 737 g/mol. The minimum absolute atomic E-state index is 0.0237. The van der Waals surface area contributed by atoms with Crippen molar-refractivity contribution in [3.63, 3.8) is 0 Å². The molecule has 4 aromatic carbocycles. The maximum Gasteiger partial charge on any atom is 0.322 e. The molecule has 0 saturated heterocycles. The van der Waals surface area contributed by atoms with E-state index in [2.05, 4.69) is 49.5 Å². The lowest BCUT2D eigenvalue weighted by molar-refractivity contribution is -0.174. The summed E-state index contributed by atoms with van der Waals surface area (Å²) < 4.78 is 11.2. The second-order valence-corrected chi connectivity index (χ2v) is 18.4. The first-order chi connectivity index (χ1) is 28.4. The summed E-state index contributed by atoms with van der Waals surface area (Å²) >= 11 is 0. The van der Waals surface area contributed by atoms with Crippen LogP contribution in [-0.4, -0.2) is 59.4 Å². The van der Waals surface area contributed by atoms with E-state index in [0.29, 0.717) is 42.0 Å². The molecule has 306 valence electrons. The molecule has 1 unspecified atom stereocenters. The Morgan fingerprint density at radius 3 is 2.15 bits per heavy atom. The molecule has 0 heterocycles. The van der Waals surface area contributed by atoms with Crippen LogP contribution in [0.1, 0.15) is 74.7 Å². The number of nitrogens with zero attached hydrogens (tertiary/aromatic N) is 1. The number of amides is 2. The first-order valence-electron chi connectivity index (χ1n) is 21.2. The van der Waals surface area contributed by atoms with E-state index >= 15 is 4.79 Å². The summed E-state index contributed by atoms with van der Waals surface area (Å²) in [4.78, 5) is 31.3. The number of allylic oxidation sites excluding steroid dienone is 4. The quantitative estimate of drug-likeness (QED) is 0.109. The van der Waals surface area contributed by atoms with Gasteiger partial charge in [-0.25, -0.2) is 4.79 Å². The van der Waals surface area contributed by atoms with E-state index < -0.39 is 27.9 Å². The molecule has 0 aliphatic heterocycles. The molecule has 8 nitrogen and oxygen atoms in total. The average molecular weight is 793 g/mol. The Bertz CT molecular complexity index is 2310. The Labute approximate surface area is 347 Å². The molecular formula is C51H56N2O6. The Balaban J connectivity index is 1.10. The Kier molecular flexibility index (Phi) is 9.67. The number of carbonyl (C=O) groups excluding carboxylic acids is 2. The number of fused-ring (bicyclic) bond motifs is 1. The van der Waals surface area contributed by atoms with Gasteiger partial charge in [-0.15, -0.1) is 0 Å². The Morgan fingerprint density at radius 2 is 1.44 bits per heavy atom. The lowest BCUT2D eigenvalue weighted by atomic mass is 9.32. The van der Waals surface area contributed by atoms with Crippen LogP contribution in [0.4, 0.5) is 10.5 Å². The molecule has 2 amide bonds. The number of rotatable bonds is 10. The second kappa shape index (κ2) is 14.5. The van der Waals surface area contributed by atoms with Crippen molar-refractivity contribution in [2.24, 2.45) is 33.5 Å². The third-order valence-electron chi connectivity index (χ3n) is 15.8. The standard InChI is InChI=1S/C51H56N2O6/c1-47-24-21-39(54)30-49(47)27-28-51(41(31-49)45(55)36-17-15-35(16-18-36)34-11-7-5-8-12-34)43(47)22-25-48(2)44(51)23-26-50(48,57)33-53(46(56)52-38-13-9-6-10-14-38)32-37-19-20-40(58-3)29-42(37)59-4/h5-20,27-29,31,39,43-44,54,57H,21-26,30,32-33H2,1-4H3,(H,52,56)/t39?,43-,44-,47-,48+,49+,50-,51-/m1/s1. The number of benzene rings is 4. The highest BCUT2D eigenvalue weighted by Crippen LogP contribution is 2.78. The van der Waals surface area contributed by atoms with Crippen molar-refractivity contribution < 1.29 is 29.3 Å². The summed E-state index contributed by atoms with van der Waals surface area (Å²) in [6, 6.07) is 32.8. The van der Waals surface area contributed by atoms with Crippen LogP contribution in [0.15, 0.2) is 127 Å². The van der Waals surface area contributed by atoms with E-state index in [0.717, 1.165) is 47.9 Å². The van der Waals surface area contributed by atoms with Crippen LogP contribution in [0.3, 0.4) is 0 Å². The van der Waals surface area contributed by atoms with Crippen molar-refractivity contribution in [2.45, 2.75) is 77.0 Å². The second-order valence-electron chi connectivity index (χ2n) is 18.4. The van der Waals surface area contributed by atoms with Gasteiger partial charge in [0.2, 0.25) is 0 Å². The number of Topliss-reactive ketones (excluding diaryl/α,β-unsaturated/α-hetero) is 1. The van der Waals surface area contributed by atoms with E-state index in [1.807, 2.05) is 91.0 Å². The van der Waals surface area contributed by atoms with E-state index in [-0.39, 0.29) is 42.2 Å². The highest BCUT2D eigenvalue weighted by atomic mass is 16.5. The third-order valence-corrected chi connectivity index (χ3v) is 15.8. The minimum Gasteiger partial charge on any atom is -0.497 e. The molecule has 3 saturated carbocycles. The lowest BCUT2D eigenvalue weighted by Crippen LogP contribution is -2.67. The number of aliphatic hydroxyl groups excluding tert-OH is 1. The highest BCUT2D eigenvalue weighted by molar-refractivity contribution is 6.10. The van der Waals surface area contributed by atoms with Gasteiger partial charge in [0.05, 0.1) is 39.0 Å². The number of urea groups is 1. The van der Waals surface area contributed by atoms with Crippen LogP contribution in [0.2, 0.25) is 0 Å². The number of ether oxygens (including phenoxy) is 2. The van der Waals surface area contributed by atoms with Gasteiger partial charge < -0.3 is 29.9 Å². The fourth-order valence-corrected chi connectivity index (χ4v) is 12.6. The number of aliphatic hydroxyl groups is 2. The SMILES string of the molecule is COc1ccc(CN(C[C@]2(O)CC[C@H]3[C@]45C=C[C@@]6(C=C4C(=O)c4ccc(-c7ccccc7)cc4)CC(O)CC[C@]6(C)[C@H]5CC[C@@]32C)C(=O)Nc2ccccc2)c(OC)c1. The maximum absolute atomic E-state index is 15.2. The summed E-state index contributed by atoms with van der Waals surface area (Å²) in [5.74, 6) is 1.36. The zero-order chi connectivity index (χ0) is 41.2. The highest BCUT2D eigenvalue weighted by Gasteiger charge is 2.74. The summed E-state index contributed by atoms with van der Waals surface area (Å²) in [5, 5.41) is 27.6. The van der Waals surface area contributed by atoms with Crippen LogP contribution in [0, 0.1) is 33.5 Å². The van der Waals surface area contributed by atoms with Gasteiger partial charge in [0.25, 0.3) is 0 Å². The van der Waals surface area contributed by atoms with Crippen molar-refractivity contribution in [1.82, 2.24) is 4.90 Å². The van der Waals surface area contributed by atoms with Crippen LogP contribution >= 0.6 is 0 Å². The van der Waals surface area contributed by atoms with Gasteiger partial charge in [-0.3, -0.25) is 4.79 Å².